The van der Waals surface area contributed by atoms with Gasteiger partial charge in [-0.3, -0.25) is 4.79 Å². The largest absolute Gasteiger partial charge is 0.359 e. The van der Waals surface area contributed by atoms with Crippen molar-refractivity contribution in [3.8, 4) is 0 Å². The highest BCUT2D eigenvalue weighted by atomic mass is 16.1. The molecule has 0 aliphatic heterocycles. The molecule has 0 spiro atoms. The Bertz CT molecular complexity index is 613. The van der Waals surface area contributed by atoms with E-state index in [1.807, 2.05) is 0 Å². The summed E-state index contributed by atoms with van der Waals surface area (Å²) < 4.78 is 2.19. The zero-order valence-electron chi connectivity index (χ0n) is 11.9. The van der Waals surface area contributed by atoms with Gasteiger partial charge in [0.2, 0.25) is 5.91 Å². The number of aryl methyl sites for hydroxylation is 1. The summed E-state index contributed by atoms with van der Waals surface area (Å²) in [7, 11) is 1.68. The summed E-state index contributed by atoms with van der Waals surface area (Å²) in [5.41, 5.74) is 2.57. The van der Waals surface area contributed by atoms with Crippen molar-refractivity contribution in [2.24, 2.45) is 0 Å². The minimum absolute atomic E-state index is 0.0837. The van der Waals surface area contributed by atoms with Crippen molar-refractivity contribution in [1.29, 1.82) is 0 Å². The first-order valence-electron chi connectivity index (χ1n) is 7.28. The van der Waals surface area contributed by atoms with Crippen molar-refractivity contribution >= 4 is 16.8 Å². The van der Waals surface area contributed by atoms with E-state index in [1.54, 1.807) is 7.05 Å². The van der Waals surface area contributed by atoms with Crippen molar-refractivity contribution in [2.45, 2.75) is 38.4 Å². The van der Waals surface area contributed by atoms with E-state index in [4.69, 9.17) is 0 Å². The minimum atomic E-state index is 0.0837. The maximum Gasteiger partial charge on any atom is 0.221 e. The second kappa shape index (κ2) is 5.67. The van der Waals surface area contributed by atoms with Crippen LogP contribution >= 0.6 is 0 Å². The number of nitrogens with zero attached hydrogens (tertiary/aromatic N) is 1. The first-order valence-corrected chi connectivity index (χ1v) is 7.28. The number of hydrogen-bond acceptors (Lipinski definition) is 2. The van der Waals surface area contributed by atoms with Gasteiger partial charge in [0.1, 0.15) is 0 Å². The molecule has 106 valence electrons. The molecule has 1 fully saturated rings. The summed E-state index contributed by atoms with van der Waals surface area (Å²) in [4.78, 5) is 11.4. The van der Waals surface area contributed by atoms with Gasteiger partial charge in [-0.1, -0.05) is 18.2 Å². The molecular formula is C16H21N3O. The molecular weight excluding hydrogens is 250 g/mol. The van der Waals surface area contributed by atoms with Crippen molar-refractivity contribution in [3.05, 3.63) is 36.0 Å². The van der Waals surface area contributed by atoms with Gasteiger partial charge in [-0.2, -0.15) is 0 Å². The number of nitrogens with one attached hydrogen (secondary N) is 2. The lowest BCUT2D eigenvalue weighted by Crippen LogP contribution is -2.19. The van der Waals surface area contributed by atoms with Crippen LogP contribution < -0.4 is 10.6 Å². The number of carbonyl (C=O) groups is 1. The van der Waals surface area contributed by atoms with Crippen molar-refractivity contribution in [1.82, 2.24) is 15.2 Å². The van der Waals surface area contributed by atoms with Crippen LogP contribution in [0, 0.1) is 0 Å². The fourth-order valence-electron chi connectivity index (χ4n) is 2.56. The van der Waals surface area contributed by atoms with E-state index in [0.29, 0.717) is 12.5 Å². The lowest BCUT2D eigenvalue weighted by Gasteiger charge is -2.10. The van der Waals surface area contributed by atoms with Crippen LogP contribution in [0.2, 0.25) is 0 Å². The standard InChI is InChI=1S/C16H21N3O/c1-17-15(20)8-10-19-9-7-12-3-2-4-13(16(12)19)11-18-14-5-6-14/h2-4,7,9,14,18H,5-6,8,10-11H2,1H3,(H,17,20). The Morgan fingerprint density at radius 3 is 2.95 bits per heavy atom. The lowest BCUT2D eigenvalue weighted by molar-refractivity contribution is -0.120. The first-order chi connectivity index (χ1) is 9.78. The van der Waals surface area contributed by atoms with Gasteiger partial charge in [0.25, 0.3) is 0 Å². The summed E-state index contributed by atoms with van der Waals surface area (Å²) in [5, 5.41) is 7.49. The van der Waals surface area contributed by atoms with Crippen LogP contribution in [0.3, 0.4) is 0 Å². The molecule has 0 bridgehead atoms. The second-order valence-electron chi connectivity index (χ2n) is 5.44. The fraction of sp³-hybridized carbons (Fsp3) is 0.438. The average Bonchev–Trinajstić information content (AvgIpc) is 3.21. The Balaban J connectivity index is 1.81. The summed E-state index contributed by atoms with van der Waals surface area (Å²) in [6, 6.07) is 9.25. The van der Waals surface area contributed by atoms with Crippen LogP contribution in [-0.2, 0) is 17.9 Å². The maximum absolute atomic E-state index is 11.4. The predicted molar refractivity (Wildman–Crippen MR) is 80.5 cm³/mol. The van der Waals surface area contributed by atoms with Crippen LogP contribution in [0.15, 0.2) is 30.5 Å². The van der Waals surface area contributed by atoms with Crippen LogP contribution in [0.5, 0.6) is 0 Å². The Hall–Kier alpha value is -1.81. The smallest absolute Gasteiger partial charge is 0.221 e. The molecule has 1 amide bonds. The third kappa shape index (κ3) is 2.85. The quantitative estimate of drug-likeness (QED) is 0.844. The molecule has 20 heavy (non-hydrogen) atoms. The molecule has 2 aromatic rings. The number of hydrogen-bond donors (Lipinski definition) is 2. The van der Waals surface area contributed by atoms with Gasteiger partial charge in [-0.05, 0) is 29.9 Å². The van der Waals surface area contributed by atoms with E-state index >= 15 is 0 Å². The number of benzene rings is 1. The molecule has 0 atom stereocenters. The molecule has 1 heterocycles. The average molecular weight is 271 g/mol. The molecule has 0 radical (unpaired) electrons. The number of rotatable bonds is 6. The summed E-state index contributed by atoms with van der Waals surface area (Å²) in [6.45, 7) is 1.63. The van der Waals surface area contributed by atoms with Crippen LogP contribution in [0.1, 0.15) is 24.8 Å². The Morgan fingerprint density at radius 1 is 1.35 bits per heavy atom. The van der Waals surface area contributed by atoms with Crippen LogP contribution in [-0.4, -0.2) is 23.6 Å². The summed E-state index contributed by atoms with van der Waals surface area (Å²) >= 11 is 0. The van der Waals surface area contributed by atoms with Crippen molar-refractivity contribution in [2.75, 3.05) is 7.05 Å². The summed E-state index contributed by atoms with van der Waals surface area (Å²) in [5.74, 6) is 0.0837. The monoisotopic (exact) mass is 271 g/mol. The Labute approximate surface area is 119 Å². The van der Waals surface area contributed by atoms with Crippen molar-refractivity contribution in [3.63, 3.8) is 0 Å². The van der Waals surface area contributed by atoms with Gasteiger partial charge in [-0.15, -0.1) is 0 Å². The fourth-order valence-corrected chi connectivity index (χ4v) is 2.56. The van der Waals surface area contributed by atoms with E-state index in [2.05, 4.69) is 45.7 Å². The van der Waals surface area contributed by atoms with Gasteiger partial charge in [0, 0.05) is 38.8 Å². The molecule has 0 saturated heterocycles. The van der Waals surface area contributed by atoms with Crippen LogP contribution in [0.4, 0.5) is 0 Å². The third-order valence-corrected chi connectivity index (χ3v) is 3.89. The third-order valence-electron chi connectivity index (χ3n) is 3.89. The van der Waals surface area contributed by atoms with Gasteiger partial charge in [0.05, 0.1) is 5.52 Å². The number of para-hydroxylation sites is 1. The van der Waals surface area contributed by atoms with E-state index in [1.165, 1.54) is 29.3 Å². The van der Waals surface area contributed by atoms with Crippen molar-refractivity contribution < 1.29 is 4.79 Å². The molecule has 4 nitrogen and oxygen atoms in total. The molecule has 1 saturated carbocycles. The molecule has 1 aromatic carbocycles. The highest BCUT2D eigenvalue weighted by Gasteiger charge is 2.20. The molecule has 1 aliphatic carbocycles. The van der Waals surface area contributed by atoms with E-state index < -0.39 is 0 Å². The molecule has 1 aliphatic rings. The van der Waals surface area contributed by atoms with Gasteiger partial charge in [0.15, 0.2) is 0 Å². The van der Waals surface area contributed by atoms with Gasteiger partial charge in [-0.25, -0.2) is 0 Å². The molecule has 4 heteroatoms. The van der Waals surface area contributed by atoms with Gasteiger partial charge >= 0.3 is 0 Å². The van der Waals surface area contributed by atoms with Crippen LogP contribution in [0.25, 0.3) is 10.9 Å². The zero-order valence-corrected chi connectivity index (χ0v) is 11.9. The van der Waals surface area contributed by atoms with Gasteiger partial charge < -0.3 is 15.2 Å². The molecule has 3 rings (SSSR count). The normalized spacial score (nSPS) is 14.7. The Kier molecular flexibility index (Phi) is 3.74. The molecule has 0 unspecified atom stereocenters. The van der Waals surface area contributed by atoms with E-state index in [0.717, 1.165) is 13.1 Å². The maximum atomic E-state index is 11.4. The SMILES string of the molecule is CNC(=O)CCn1ccc2cccc(CNC3CC3)c21. The topological polar surface area (TPSA) is 46.1 Å². The van der Waals surface area contributed by atoms with E-state index in [9.17, 15) is 4.79 Å². The Morgan fingerprint density at radius 2 is 2.20 bits per heavy atom. The number of amides is 1. The van der Waals surface area contributed by atoms with E-state index in [-0.39, 0.29) is 5.91 Å². The highest BCUT2D eigenvalue weighted by Crippen LogP contribution is 2.23. The zero-order chi connectivity index (χ0) is 13.9. The minimum Gasteiger partial charge on any atom is -0.359 e. The summed E-state index contributed by atoms with van der Waals surface area (Å²) in [6.07, 6.45) is 5.19. The first kappa shape index (κ1) is 13.2. The number of fused-ring (bicyclic) bond motifs is 1. The lowest BCUT2D eigenvalue weighted by atomic mass is 10.1. The molecule has 2 N–H and O–H groups in total. The predicted octanol–water partition coefficient (Wildman–Crippen LogP) is 2.03. The highest BCUT2D eigenvalue weighted by molar-refractivity contribution is 5.83. The number of carbonyl (C=O) groups excluding carboxylic acids is 1. The second-order valence-corrected chi connectivity index (χ2v) is 5.44. The number of aromatic nitrogens is 1. The molecule has 1 aromatic heterocycles.